The summed E-state index contributed by atoms with van der Waals surface area (Å²) in [4.78, 5) is 37.0. The molecule has 1 aromatic heterocycles. The summed E-state index contributed by atoms with van der Waals surface area (Å²) in [5, 5.41) is 1.67. The van der Waals surface area contributed by atoms with E-state index in [9.17, 15) is 9.59 Å². The van der Waals surface area contributed by atoms with Gasteiger partial charge in [-0.05, 0) is 29.8 Å². The van der Waals surface area contributed by atoms with Gasteiger partial charge in [0.2, 0.25) is 5.91 Å². The molecule has 2 aromatic rings. The number of benzene rings is 1. The van der Waals surface area contributed by atoms with Gasteiger partial charge in [0.1, 0.15) is 5.92 Å². The number of hydrogen-bond acceptors (Lipinski definition) is 6. The Bertz CT molecular complexity index is 799. The van der Waals surface area contributed by atoms with E-state index < -0.39 is 18.1 Å². The zero-order chi connectivity index (χ0) is 18.1. The van der Waals surface area contributed by atoms with Crippen molar-refractivity contribution in [1.29, 1.82) is 0 Å². The molecule has 0 saturated carbocycles. The molecule has 134 valence electrons. The van der Waals surface area contributed by atoms with Gasteiger partial charge in [-0.1, -0.05) is 18.2 Å². The second-order valence-corrected chi connectivity index (χ2v) is 6.26. The molecule has 2 aliphatic rings. The second-order valence-electron chi connectivity index (χ2n) is 6.26. The molecular weight excluding hydrogens is 334 g/mol. The van der Waals surface area contributed by atoms with E-state index >= 15 is 0 Å². The number of hydrogen-bond donors (Lipinski definition) is 0. The largest absolute Gasteiger partial charge is 0.383 e. The van der Waals surface area contributed by atoms with Gasteiger partial charge in [0.25, 0.3) is 5.91 Å². The van der Waals surface area contributed by atoms with Crippen LogP contribution in [0.25, 0.3) is 0 Å². The molecule has 0 bridgehead atoms. The first-order valence-corrected chi connectivity index (χ1v) is 8.47. The van der Waals surface area contributed by atoms with Crippen molar-refractivity contribution < 1.29 is 19.2 Å². The Hall–Kier alpha value is -2.77. The Kier molecular flexibility index (Phi) is 4.40. The van der Waals surface area contributed by atoms with E-state index in [0.29, 0.717) is 6.61 Å². The van der Waals surface area contributed by atoms with E-state index in [0.717, 1.165) is 11.3 Å². The van der Waals surface area contributed by atoms with Crippen LogP contribution < -0.4 is 5.06 Å². The molecule has 3 heterocycles. The smallest absolute Gasteiger partial charge is 0.262 e. The number of carbonyl (C=O) groups is 2. The maximum absolute atomic E-state index is 13.0. The highest BCUT2D eigenvalue weighted by atomic mass is 16.7. The van der Waals surface area contributed by atoms with E-state index in [-0.39, 0.29) is 18.4 Å². The molecule has 1 aromatic carbocycles. The Labute approximate surface area is 151 Å². The fraction of sp³-hybridized carbons (Fsp3) is 0.316. The lowest BCUT2D eigenvalue weighted by Crippen LogP contribution is -2.39. The molecule has 7 nitrogen and oxygen atoms in total. The fourth-order valence-electron chi connectivity index (χ4n) is 3.57. The number of para-hydroxylation sites is 1. The number of fused-ring (bicyclic) bond motifs is 1. The average molecular weight is 353 g/mol. The highest BCUT2D eigenvalue weighted by molar-refractivity contribution is 6.07. The zero-order valence-electron chi connectivity index (χ0n) is 14.3. The van der Waals surface area contributed by atoms with E-state index in [1.807, 2.05) is 42.5 Å². The molecular formula is C19H19N3O4. The molecule has 2 amide bonds. The Balaban J connectivity index is 1.73. The van der Waals surface area contributed by atoms with Gasteiger partial charge in [0.15, 0.2) is 6.10 Å². The SMILES string of the molecule is COCCN1C(=O)[C@H]2[C@@H](ON(c3ccccc3)[C@H]2c2ccncc2)C1=O. The van der Waals surface area contributed by atoms with Gasteiger partial charge >= 0.3 is 0 Å². The number of anilines is 1. The van der Waals surface area contributed by atoms with Crippen LogP contribution in [0.2, 0.25) is 0 Å². The van der Waals surface area contributed by atoms with Crippen molar-refractivity contribution >= 4 is 17.5 Å². The van der Waals surface area contributed by atoms with Crippen molar-refractivity contribution in [2.75, 3.05) is 25.3 Å². The third-order valence-corrected chi connectivity index (χ3v) is 4.78. The molecule has 0 N–H and O–H groups in total. The Morgan fingerprint density at radius 1 is 1.08 bits per heavy atom. The molecule has 7 heteroatoms. The van der Waals surface area contributed by atoms with Crippen LogP contribution in [0.4, 0.5) is 5.69 Å². The summed E-state index contributed by atoms with van der Waals surface area (Å²) in [5.74, 6) is -1.13. The van der Waals surface area contributed by atoms with Crippen LogP contribution in [-0.4, -0.2) is 48.1 Å². The van der Waals surface area contributed by atoms with Gasteiger partial charge in [-0.3, -0.25) is 24.3 Å². The molecule has 2 aliphatic heterocycles. The molecule has 4 rings (SSSR count). The monoisotopic (exact) mass is 353 g/mol. The van der Waals surface area contributed by atoms with Crippen molar-refractivity contribution in [3.05, 3.63) is 60.4 Å². The average Bonchev–Trinajstić information content (AvgIpc) is 3.19. The minimum atomic E-state index is -0.822. The maximum Gasteiger partial charge on any atom is 0.262 e. The Morgan fingerprint density at radius 3 is 2.50 bits per heavy atom. The topological polar surface area (TPSA) is 72.0 Å². The first-order chi connectivity index (χ1) is 12.7. The van der Waals surface area contributed by atoms with Crippen LogP contribution in [0.1, 0.15) is 11.6 Å². The molecule has 0 radical (unpaired) electrons. The number of pyridine rings is 1. The minimum Gasteiger partial charge on any atom is -0.383 e. The molecule has 2 fully saturated rings. The normalized spacial score (nSPS) is 25.0. The van der Waals surface area contributed by atoms with E-state index in [1.54, 1.807) is 24.6 Å². The third kappa shape index (κ3) is 2.65. The lowest BCUT2D eigenvalue weighted by atomic mass is 9.91. The standard InChI is InChI=1S/C19H19N3O4/c1-25-12-11-21-18(23)15-16(13-7-9-20-10-8-13)22(26-17(15)19(21)24)14-5-3-2-4-6-14/h2-10,15-17H,11-12H2,1H3/t15-,16+,17-/m1/s1. The lowest BCUT2D eigenvalue weighted by Gasteiger charge is -2.28. The molecule has 0 spiro atoms. The highest BCUT2D eigenvalue weighted by Crippen LogP contribution is 2.46. The van der Waals surface area contributed by atoms with E-state index in [4.69, 9.17) is 9.57 Å². The van der Waals surface area contributed by atoms with Crippen LogP contribution >= 0.6 is 0 Å². The maximum atomic E-state index is 13.0. The minimum absolute atomic E-state index is 0.225. The summed E-state index contributed by atoms with van der Waals surface area (Å²) in [6, 6.07) is 12.8. The zero-order valence-corrected chi connectivity index (χ0v) is 14.3. The van der Waals surface area contributed by atoms with Crippen molar-refractivity contribution in [3.8, 4) is 0 Å². The quantitative estimate of drug-likeness (QED) is 0.760. The number of rotatable bonds is 5. The summed E-state index contributed by atoms with van der Waals surface area (Å²) in [6.45, 7) is 0.540. The van der Waals surface area contributed by atoms with Gasteiger partial charge in [0.05, 0.1) is 24.9 Å². The van der Waals surface area contributed by atoms with E-state index in [2.05, 4.69) is 4.98 Å². The number of likely N-dealkylation sites (tertiary alicyclic amines) is 1. The number of nitrogens with zero attached hydrogens (tertiary/aromatic N) is 3. The number of carbonyl (C=O) groups excluding carboxylic acids is 2. The third-order valence-electron chi connectivity index (χ3n) is 4.78. The summed E-state index contributed by atoms with van der Waals surface area (Å²) in [7, 11) is 1.54. The number of imide groups is 1. The van der Waals surface area contributed by atoms with Crippen LogP contribution in [0.15, 0.2) is 54.9 Å². The van der Waals surface area contributed by atoms with Gasteiger partial charge in [0, 0.05) is 19.5 Å². The second kappa shape index (κ2) is 6.86. The molecule has 26 heavy (non-hydrogen) atoms. The molecule has 2 saturated heterocycles. The van der Waals surface area contributed by atoms with Crippen molar-refractivity contribution in [3.63, 3.8) is 0 Å². The fourth-order valence-corrected chi connectivity index (χ4v) is 3.57. The summed E-state index contributed by atoms with van der Waals surface area (Å²) >= 11 is 0. The Morgan fingerprint density at radius 2 is 1.81 bits per heavy atom. The predicted molar refractivity (Wildman–Crippen MR) is 92.9 cm³/mol. The number of hydroxylamine groups is 1. The predicted octanol–water partition coefficient (Wildman–Crippen LogP) is 1.57. The van der Waals surface area contributed by atoms with Crippen LogP contribution in [0.3, 0.4) is 0 Å². The van der Waals surface area contributed by atoms with Gasteiger partial charge < -0.3 is 4.74 Å². The van der Waals surface area contributed by atoms with Gasteiger partial charge in [-0.15, -0.1) is 0 Å². The van der Waals surface area contributed by atoms with Gasteiger partial charge in [-0.25, -0.2) is 5.06 Å². The summed E-state index contributed by atoms with van der Waals surface area (Å²) < 4.78 is 5.02. The number of methoxy groups -OCH3 is 1. The molecule has 3 atom stereocenters. The number of ether oxygens (including phenoxy) is 1. The summed E-state index contributed by atoms with van der Waals surface area (Å²) in [5.41, 5.74) is 1.68. The first-order valence-electron chi connectivity index (χ1n) is 8.47. The van der Waals surface area contributed by atoms with Crippen LogP contribution in [0.5, 0.6) is 0 Å². The molecule has 0 aliphatic carbocycles. The van der Waals surface area contributed by atoms with E-state index in [1.165, 1.54) is 4.90 Å². The molecule has 0 unspecified atom stereocenters. The number of amides is 2. The highest BCUT2D eigenvalue weighted by Gasteiger charge is 2.59. The van der Waals surface area contributed by atoms with Crippen molar-refractivity contribution in [2.24, 2.45) is 5.92 Å². The first kappa shape index (κ1) is 16.7. The summed E-state index contributed by atoms with van der Waals surface area (Å²) in [6.07, 6.45) is 2.53. The number of aromatic nitrogens is 1. The van der Waals surface area contributed by atoms with Crippen LogP contribution in [0, 0.1) is 5.92 Å². The van der Waals surface area contributed by atoms with Crippen molar-refractivity contribution in [1.82, 2.24) is 9.88 Å². The van der Waals surface area contributed by atoms with Gasteiger partial charge in [-0.2, -0.15) is 0 Å². The van der Waals surface area contributed by atoms with Crippen molar-refractivity contribution in [2.45, 2.75) is 12.1 Å². The van der Waals surface area contributed by atoms with Crippen LogP contribution in [-0.2, 0) is 19.2 Å². The lowest BCUT2D eigenvalue weighted by molar-refractivity contribution is -0.143.